The van der Waals surface area contributed by atoms with Crippen LogP contribution in [0.15, 0.2) is 24.3 Å². The van der Waals surface area contributed by atoms with Crippen molar-refractivity contribution < 1.29 is 22.7 Å². The first-order valence-electron chi connectivity index (χ1n) is 7.88. The van der Waals surface area contributed by atoms with Crippen LogP contribution in [0.5, 0.6) is 5.75 Å². The highest BCUT2D eigenvalue weighted by Gasteiger charge is 2.46. The zero-order chi connectivity index (χ0) is 17.0. The van der Waals surface area contributed by atoms with Crippen LogP contribution in [-0.2, 0) is 4.79 Å². The molecule has 1 aromatic rings. The Labute approximate surface area is 134 Å². The molecule has 128 valence electrons. The lowest BCUT2D eigenvalue weighted by Crippen LogP contribution is -2.50. The van der Waals surface area contributed by atoms with Crippen molar-refractivity contribution in [3.05, 3.63) is 29.8 Å². The Morgan fingerprint density at radius 1 is 1.22 bits per heavy atom. The number of amides is 1. The molecule has 0 heterocycles. The van der Waals surface area contributed by atoms with Crippen molar-refractivity contribution in [1.29, 1.82) is 0 Å². The van der Waals surface area contributed by atoms with Crippen LogP contribution < -0.4 is 10.1 Å². The van der Waals surface area contributed by atoms with Gasteiger partial charge in [0.05, 0.1) is 5.92 Å². The second-order valence-corrected chi connectivity index (χ2v) is 6.12. The van der Waals surface area contributed by atoms with Gasteiger partial charge in [0.15, 0.2) is 6.10 Å². The van der Waals surface area contributed by atoms with Crippen LogP contribution in [0.25, 0.3) is 0 Å². The third kappa shape index (κ3) is 4.88. The molecule has 3 atom stereocenters. The number of halogens is 3. The number of nitrogens with one attached hydrogen (secondary N) is 1. The van der Waals surface area contributed by atoms with Gasteiger partial charge in [-0.1, -0.05) is 30.5 Å². The first kappa shape index (κ1) is 17.6. The number of alkyl halides is 3. The van der Waals surface area contributed by atoms with E-state index in [-0.39, 0.29) is 6.42 Å². The van der Waals surface area contributed by atoms with E-state index in [0.29, 0.717) is 25.0 Å². The highest BCUT2D eigenvalue weighted by Crippen LogP contribution is 2.37. The zero-order valence-corrected chi connectivity index (χ0v) is 13.3. The standard InChI is InChI=1S/C17H22F3NO2/c1-11-7-9-13(10-8-11)23-12(2)16(22)21-15-6-4-3-5-14(15)17(18,19)20/h7-10,12,14-15H,3-6H2,1-2H3,(H,21,22). The molecule has 0 saturated heterocycles. The summed E-state index contributed by atoms with van der Waals surface area (Å²) in [7, 11) is 0. The Morgan fingerprint density at radius 2 is 1.83 bits per heavy atom. The zero-order valence-electron chi connectivity index (χ0n) is 13.3. The highest BCUT2D eigenvalue weighted by molar-refractivity contribution is 5.81. The number of hydrogen-bond acceptors (Lipinski definition) is 2. The molecule has 3 unspecified atom stereocenters. The summed E-state index contributed by atoms with van der Waals surface area (Å²) in [6.07, 6.45) is -3.45. The van der Waals surface area contributed by atoms with Gasteiger partial charge < -0.3 is 10.1 Å². The second-order valence-electron chi connectivity index (χ2n) is 6.12. The lowest BCUT2D eigenvalue weighted by molar-refractivity contribution is -0.189. The molecule has 0 spiro atoms. The number of carbonyl (C=O) groups is 1. The van der Waals surface area contributed by atoms with Gasteiger partial charge in [-0.2, -0.15) is 13.2 Å². The molecular weight excluding hydrogens is 307 g/mol. The number of rotatable bonds is 4. The predicted molar refractivity (Wildman–Crippen MR) is 81.2 cm³/mol. The SMILES string of the molecule is Cc1ccc(OC(C)C(=O)NC2CCCCC2C(F)(F)F)cc1. The second kappa shape index (κ2) is 7.23. The molecule has 2 rings (SSSR count). The minimum Gasteiger partial charge on any atom is -0.481 e. The van der Waals surface area contributed by atoms with E-state index >= 15 is 0 Å². The molecule has 1 saturated carbocycles. The minimum atomic E-state index is -4.28. The number of ether oxygens (including phenoxy) is 1. The van der Waals surface area contributed by atoms with Gasteiger partial charge in [0.2, 0.25) is 0 Å². The fourth-order valence-electron chi connectivity index (χ4n) is 2.87. The van der Waals surface area contributed by atoms with Crippen LogP contribution >= 0.6 is 0 Å². The van der Waals surface area contributed by atoms with Gasteiger partial charge in [0.1, 0.15) is 5.75 Å². The minimum absolute atomic E-state index is 0.0711. The smallest absolute Gasteiger partial charge is 0.393 e. The van der Waals surface area contributed by atoms with E-state index in [0.717, 1.165) is 5.56 Å². The molecule has 0 bridgehead atoms. The maximum absolute atomic E-state index is 13.0. The quantitative estimate of drug-likeness (QED) is 0.907. The van der Waals surface area contributed by atoms with Crippen LogP contribution in [0, 0.1) is 12.8 Å². The molecule has 0 radical (unpaired) electrons. The molecule has 23 heavy (non-hydrogen) atoms. The number of carbonyl (C=O) groups excluding carboxylic acids is 1. The lowest BCUT2D eigenvalue weighted by Gasteiger charge is -2.34. The average Bonchev–Trinajstić information content (AvgIpc) is 2.49. The fourth-order valence-corrected chi connectivity index (χ4v) is 2.87. The van der Waals surface area contributed by atoms with Gasteiger partial charge in [-0.15, -0.1) is 0 Å². The first-order chi connectivity index (χ1) is 10.8. The van der Waals surface area contributed by atoms with Gasteiger partial charge in [-0.3, -0.25) is 4.79 Å². The van der Waals surface area contributed by atoms with E-state index in [2.05, 4.69) is 5.32 Å². The molecule has 1 N–H and O–H groups in total. The first-order valence-corrected chi connectivity index (χ1v) is 7.88. The monoisotopic (exact) mass is 329 g/mol. The molecule has 0 aromatic heterocycles. The Bertz CT molecular complexity index is 528. The number of benzene rings is 1. The molecule has 1 aliphatic carbocycles. The van der Waals surface area contributed by atoms with Crippen molar-refractivity contribution in [2.24, 2.45) is 5.92 Å². The van der Waals surface area contributed by atoms with Crippen LogP contribution in [-0.4, -0.2) is 24.2 Å². The van der Waals surface area contributed by atoms with Crippen molar-refractivity contribution >= 4 is 5.91 Å². The summed E-state index contributed by atoms with van der Waals surface area (Å²) in [6.45, 7) is 3.47. The van der Waals surface area contributed by atoms with E-state index in [4.69, 9.17) is 4.74 Å². The molecule has 1 amide bonds. The summed E-state index contributed by atoms with van der Waals surface area (Å²) in [5.74, 6) is -1.45. The van der Waals surface area contributed by atoms with Crippen LogP contribution in [0.3, 0.4) is 0 Å². The number of hydrogen-bond donors (Lipinski definition) is 1. The van der Waals surface area contributed by atoms with Crippen LogP contribution in [0.2, 0.25) is 0 Å². The van der Waals surface area contributed by atoms with Gasteiger partial charge in [0, 0.05) is 6.04 Å². The fraction of sp³-hybridized carbons (Fsp3) is 0.588. The van der Waals surface area contributed by atoms with Gasteiger partial charge in [0.25, 0.3) is 5.91 Å². The summed E-state index contributed by atoms with van der Waals surface area (Å²) in [5.41, 5.74) is 1.06. The maximum Gasteiger partial charge on any atom is 0.393 e. The summed E-state index contributed by atoms with van der Waals surface area (Å²) >= 11 is 0. The van der Waals surface area contributed by atoms with Gasteiger partial charge in [-0.05, 0) is 38.8 Å². The van der Waals surface area contributed by atoms with E-state index in [1.54, 1.807) is 19.1 Å². The molecule has 1 aromatic carbocycles. The summed E-state index contributed by atoms with van der Waals surface area (Å²) in [5, 5.41) is 2.52. The molecule has 3 nitrogen and oxygen atoms in total. The van der Waals surface area contributed by atoms with Crippen LogP contribution in [0.1, 0.15) is 38.2 Å². The van der Waals surface area contributed by atoms with E-state index in [1.165, 1.54) is 0 Å². The molecule has 0 aliphatic heterocycles. The van der Waals surface area contributed by atoms with Crippen LogP contribution in [0.4, 0.5) is 13.2 Å². The van der Waals surface area contributed by atoms with Crippen molar-refractivity contribution in [2.45, 2.75) is 57.9 Å². The van der Waals surface area contributed by atoms with Crippen molar-refractivity contribution in [3.63, 3.8) is 0 Å². The normalized spacial score (nSPS) is 23.2. The summed E-state index contributed by atoms with van der Waals surface area (Å²) in [4.78, 5) is 12.2. The molecule has 6 heteroatoms. The van der Waals surface area contributed by atoms with Gasteiger partial charge >= 0.3 is 6.18 Å². The Balaban J connectivity index is 1.95. The average molecular weight is 329 g/mol. The largest absolute Gasteiger partial charge is 0.481 e. The Hall–Kier alpha value is -1.72. The summed E-state index contributed by atoms with van der Waals surface area (Å²) < 4.78 is 44.6. The van der Waals surface area contributed by atoms with E-state index < -0.39 is 30.1 Å². The number of aryl methyl sites for hydroxylation is 1. The Kier molecular flexibility index (Phi) is 5.55. The lowest BCUT2D eigenvalue weighted by atomic mass is 9.84. The molecule has 1 aliphatic rings. The topological polar surface area (TPSA) is 38.3 Å². The highest BCUT2D eigenvalue weighted by atomic mass is 19.4. The van der Waals surface area contributed by atoms with E-state index in [1.807, 2.05) is 19.1 Å². The van der Waals surface area contributed by atoms with Gasteiger partial charge in [-0.25, -0.2) is 0 Å². The Morgan fingerprint density at radius 3 is 2.43 bits per heavy atom. The van der Waals surface area contributed by atoms with Crippen molar-refractivity contribution in [1.82, 2.24) is 5.32 Å². The maximum atomic E-state index is 13.0. The third-order valence-electron chi connectivity index (χ3n) is 4.22. The summed E-state index contributed by atoms with van der Waals surface area (Å²) in [6, 6.07) is 6.30. The van der Waals surface area contributed by atoms with Crippen molar-refractivity contribution in [2.75, 3.05) is 0 Å². The van der Waals surface area contributed by atoms with E-state index in [9.17, 15) is 18.0 Å². The predicted octanol–water partition coefficient (Wildman–Crippen LogP) is 4.00. The van der Waals surface area contributed by atoms with Crippen molar-refractivity contribution in [3.8, 4) is 5.75 Å². The molecular formula is C17H22F3NO2. The third-order valence-corrected chi connectivity index (χ3v) is 4.22. The molecule has 1 fully saturated rings.